The predicted octanol–water partition coefficient (Wildman–Crippen LogP) is 8.15. The predicted molar refractivity (Wildman–Crippen MR) is 123 cm³/mol. The molecule has 0 heterocycles. The summed E-state index contributed by atoms with van der Waals surface area (Å²) in [4.78, 5) is 0. The molecule has 0 aromatic heterocycles. The lowest BCUT2D eigenvalue weighted by molar-refractivity contribution is 0.660. The van der Waals surface area contributed by atoms with E-state index in [-0.39, 0.29) is 5.41 Å². The number of hydrogen-bond donors (Lipinski definition) is 0. The van der Waals surface area contributed by atoms with Gasteiger partial charge in [0.15, 0.2) is 0 Å². The Balaban J connectivity index is 0.000000932. The molecule has 0 fully saturated rings. The van der Waals surface area contributed by atoms with Gasteiger partial charge < -0.3 is 0 Å². The number of hydrogen-bond acceptors (Lipinski definition) is 0. The van der Waals surface area contributed by atoms with Crippen LogP contribution in [-0.2, 0) is 5.41 Å². The first-order valence-corrected chi connectivity index (χ1v) is 10.3. The van der Waals surface area contributed by atoms with Crippen LogP contribution in [0.3, 0.4) is 0 Å². The molecule has 0 saturated carbocycles. The van der Waals surface area contributed by atoms with E-state index in [1.165, 1.54) is 49.7 Å². The number of rotatable bonds is 1. The van der Waals surface area contributed by atoms with Crippen LogP contribution in [0.5, 0.6) is 0 Å². The van der Waals surface area contributed by atoms with Crippen molar-refractivity contribution in [3.8, 4) is 22.3 Å². The summed E-state index contributed by atoms with van der Waals surface area (Å²) >= 11 is 0. The highest BCUT2D eigenvalue weighted by Crippen LogP contribution is 2.49. The van der Waals surface area contributed by atoms with Crippen LogP contribution in [0.1, 0.15) is 44.4 Å². The molecule has 1 aliphatic carbocycles. The highest BCUT2D eigenvalue weighted by atomic mass is 14.4. The Labute approximate surface area is 168 Å². The summed E-state index contributed by atoms with van der Waals surface area (Å²) in [6, 6.07) is 29.1. The fourth-order valence-corrected chi connectivity index (χ4v) is 4.59. The van der Waals surface area contributed by atoms with Gasteiger partial charge in [-0.25, -0.2) is 0 Å². The minimum Gasteiger partial charge on any atom is -0.0683 e. The minimum absolute atomic E-state index is 0.0692. The maximum absolute atomic E-state index is 2.39. The van der Waals surface area contributed by atoms with Crippen LogP contribution in [0.15, 0.2) is 78.9 Å². The van der Waals surface area contributed by atoms with E-state index in [9.17, 15) is 0 Å². The molecule has 1 aliphatic rings. The third-order valence-corrected chi connectivity index (χ3v) is 6.04. The molecule has 0 unspecified atom stereocenters. The van der Waals surface area contributed by atoms with Gasteiger partial charge in [0.05, 0.1) is 0 Å². The topological polar surface area (TPSA) is 0 Å². The lowest BCUT2D eigenvalue weighted by atomic mass is 9.82. The standard InChI is InChI=1S/C26H22.C2H6/c1-17-12-14-20(21-9-5-4-8-19(17)21)18-13-15-25-23(16-18)22-10-6-7-11-24(22)26(25,2)3;1-2/h4-16H,1-3H3;1-2H3. The van der Waals surface area contributed by atoms with Gasteiger partial charge >= 0.3 is 0 Å². The van der Waals surface area contributed by atoms with E-state index in [1.807, 2.05) is 13.8 Å². The summed E-state index contributed by atoms with van der Waals surface area (Å²) in [6.07, 6.45) is 0. The van der Waals surface area contributed by atoms with E-state index in [2.05, 4.69) is 99.6 Å². The molecule has 4 aromatic rings. The molecule has 0 aliphatic heterocycles. The van der Waals surface area contributed by atoms with E-state index in [0.29, 0.717) is 0 Å². The van der Waals surface area contributed by atoms with Gasteiger partial charge in [0.25, 0.3) is 0 Å². The molecule has 0 spiro atoms. The third kappa shape index (κ3) is 2.67. The van der Waals surface area contributed by atoms with Gasteiger partial charge in [-0.15, -0.1) is 0 Å². The zero-order chi connectivity index (χ0) is 19.9. The van der Waals surface area contributed by atoms with Crippen LogP contribution in [0, 0.1) is 6.92 Å². The third-order valence-electron chi connectivity index (χ3n) is 6.04. The normalized spacial score (nSPS) is 13.5. The SMILES string of the molecule is CC.Cc1ccc(-c2ccc3c(c2)-c2ccccc2C3(C)C)c2ccccc12. The van der Waals surface area contributed by atoms with Crippen LogP contribution in [0.2, 0.25) is 0 Å². The Kier molecular flexibility index (Phi) is 4.59. The fraction of sp³-hybridized carbons (Fsp3) is 0.214. The zero-order valence-corrected chi connectivity index (χ0v) is 17.5. The number of fused-ring (bicyclic) bond motifs is 4. The summed E-state index contributed by atoms with van der Waals surface area (Å²) in [5.74, 6) is 0. The molecular formula is C28H28. The maximum atomic E-state index is 2.39. The lowest BCUT2D eigenvalue weighted by Crippen LogP contribution is -2.14. The molecule has 0 bridgehead atoms. The number of benzene rings is 4. The average Bonchev–Trinajstić information content (AvgIpc) is 2.97. The highest BCUT2D eigenvalue weighted by molar-refractivity contribution is 5.99. The van der Waals surface area contributed by atoms with Crippen molar-refractivity contribution in [3.63, 3.8) is 0 Å². The Morgan fingerprint density at radius 1 is 0.571 bits per heavy atom. The first kappa shape index (κ1) is 18.5. The van der Waals surface area contributed by atoms with E-state index in [1.54, 1.807) is 0 Å². The number of aryl methyl sites for hydroxylation is 1. The van der Waals surface area contributed by atoms with Crippen molar-refractivity contribution in [3.05, 3.63) is 95.6 Å². The Hall–Kier alpha value is -2.86. The van der Waals surface area contributed by atoms with Gasteiger partial charge in [0.1, 0.15) is 0 Å². The van der Waals surface area contributed by atoms with E-state index in [0.717, 1.165) is 0 Å². The van der Waals surface area contributed by atoms with Crippen molar-refractivity contribution in [2.24, 2.45) is 0 Å². The second-order valence-electron chi connectivity index (χ2n) is 7.91. The van der Waals surface area contributed by atoms with Gasteiger partial charge in [0.2, 0.25) is 0 Å². The van der Waals surface area contributed by atoms with E-state index < -0.39 is 0 Å². The maximum Gasteiger partial charge on any atom is 0.0158 e. The molecule has 0 N–H and O–H groups in total. The zero-order valence-electron chi connectivity index (χ0n) is 17.5. The summed E-state index contributed by atoms with van der Waals surface area (Å²) in [6.45, 7) is 10.9. The lowest BCUT2D eigenvalue weighted by Gasteiger charge is -2.21. The van der Waals surface area contributed by atoms with Crippen molar-refractivity contribution in [1.82, 2.24) is 0 Å². The molecule has 0 nitrogen and oxygen atoms in total. The van der Waals surface area contributed by atoms with Crippen molar-refractivity contribution >= 4 is 10.8 Å². The van der Waals surface area contributed by atoms with Crippen molar-refractivity contribution in [1.29, 1.82) is 0 Å². The quantitative estimate of drug-likeness (QED) is 0.320. The van der Waals surface area contributed by atoms with Crippen LogP contribution >= 0.6 is 0 Å². The van der Waals surface area contributed by atoms with Crippen LogP contribution in [0.25, 0.3) is 33.0 Å². The van der Waals surface area contributed by atoms with Gasteiger partial charge in [-0.05, 0) is 62.7 Å². The Morgan fingerprint density at radius 3 is 2.00 bits per heavy atom. The highest BCUT2D eigenvalue weighted by Gasteiger charge is 2.35. The molecule has 0 radical (unpaired) electrons. The van der Waals surface area contributed by atoms with Crippen LogP contribution in [-0.4, -0.2) is 0 Å². The molecular weight excluding hydrogens is 336 g/mol. The molecule has 140 valence electrons. The largest absolute Gasteiger partial charge is 0.0683 e. The fourth-order valence-electron chi connectivity index (χ4n) is 4.59. The monoisotopic (exact) mass is 364 g/mol. The summed E-state index contributed by atoms with van der Waals surface area (Å²) in [7, 11) is 0. The average molecular weight is 365 g/mol. The molecule has 0 heteroatoms. The Morgan fingerprint density at radius 2 is 1.21 bits per heavy atom. The van der Waals surface area contributed by atoms with Gasteiger partial charge in [-0.1, -0.05) is 100 Å². The molecule has 28 heavy (non-hydrogen) atoms. The minimum atomic E-state index is 0.0692. The van der Waals surface area contributed by atoms with Crippen LogP contribution in [0.4, 0.5) is 0 Å². The molecule has 0 amide bonds. The smallest absolute Gasteiger partial charge is 0.0158 e. The summed E-state index contributed by atoms with van der Waals surface area (Å²) in [5.41, 5.74) is 9.64. The van der Waals surface area contributed by atoms with Gasteiger partial charge in [-0.3, -0.25) is 0 Å². The molecule has 4 aromatic carbocycles. The van der Waals surface area contributed by atoms with Crippen molar-refractivity contribution < 1.29 is 0 Å². The van der Waals surface area contributed by atoms with Crippen LogP contribution < -0.4 is 0 Å². The van der Waals surface area contributed by atoms with Gasteiger partial charge in [-0.2, -0.15) is 0 Å². The second-order valence-corrected chi connectivity index (χ2v) is 7.91. The first-order valence-electron chi connectivity index (χ1n) is 10.3. The first-order chi connectivity index (χ1) is 13.6. The van der Waals surface area contributed by atoms with Crippen molar-refractivity contribution in [2.75, 3.05) is 0 Å². The molecule has 0 saturated heterocycles. The van der Waals surface area contributed by atoms with Crippen molar-refractivity contribution in [2.45, 2.75) is 40.0 Å². The molecule has 5 rings (SSSR count). The molecule has 0 atom stereocenters. The Bertz CT molecular complexity index is 1160. The van der Waals surface area contributed by atoms with Gasteiger partial charge in [0, 0.05) is 5.41 Å². The van der Waals surface area contributed by atoms with E-state index >= 15 is 0 Å². The summed E-state index contributed by atoms with van der Waals surface area (Å²) < 4.78 is 0. The van der Waals surface area contributed by atoms with E-state index in [4.69, 9.17) is 0 Å². The summed E-state index contributed by atoms with van der Waals surface area (Å²) in [5, 5.41) is 2.67. The second kappa shape index (κ2) is 6.95.